The summed E-state index contributed by atoms with van der Waals surface area (Å²) >= 11 is 5.63. The van der Waals surface area contributed by atoms with Crippen LogP contribution in [-0.2, 0) is 23.1 Å². The van der Waals surface area contributed by atoms with E-state index in [1.165, 1.54) is 0 Å². The van der Waals surface area contributed by atoms with E-state index in [0.29, 0.717) is 10.6 Å². The zero-order valence-electron chi connectivity index (χ0n) is 11.2. The Morgan fingerprint density at radius 1 is 1.40 bits per heavy atom. The molecule has 2 aliphatic carbocycles. The third-order valence-electron chi connectivity index (χ3n) is 3.05. The maximum atomic E-state index is 10.9. The van der Waals surface area contributed by atoms with Gasteiger partial charge in [0.25, 0.3) is 0 Å². The molecule has 3 rings (SSSR count). The molecule has 1 aromatic rings. The molecule has 0 aromatic carbocycles. The van der Waals surface area contributed by atoms with Crippen molar-refractivity contribution >= 4 is 23.4 Å². The molecular formula is C15H14ClNO3. The number of Topliss-reactive ketones (excluding diaryl/α,β-unsaturated/α-hetero) is 1. The maximum Gasteiger partial charge on any atom is 0.309 e. The fourth-order valence-electron chi connectivity index (χ4n) is 2.12. The van der Waals surface area contributed by atoms with Crippen LogP contribution in [0.3, 0.4) is 0 Å². The average molecular weight is 292 g/mol. The second kappa shape index (κ2) is 5.51. The molecule has 0 fully saturated rings. The van der Waals surface area contributed by atoms with Gasteiger partial charge < -0.3 is 9.67 Å². The fourth-order valence-corrected chi connectivity index (χ4v) is 2.38. The van der Waals surface area contributed by atoms with Crippen LogP contribution in [0, 0.1) is 6.92 Å². The van der Waals surface area contributed by atoms with Gasteiger partial charge >= 0.3 is 5.97 Å². The first-order chi connectivity index (χ1) is 9.38. The molecule has 4 nitrogen and oxygen atoms in total. The first-order valence-corrected chi connectivity index (χ1v) is 6.44. The maximum absolute atomic E-state index is 10.9. The Balaban J connectivity index is 0.000000149. The van der Waals surface area contributed by atoms with Crippen LogP contribution >= 0.6 is 11.6 Å². The van der Waals surface area contributed by atoms with Gasteiger partial charge in [0, 0.05) is 30.1 Å². The highest BCUT2D eigenvalue weighted by atomic mass is 35.5. The normalized spacial score (nSPS) is 15.3. The second-order valence-electron chi connectivity index (χ2n) is 4.71. The van der Waals surface area contributed by atoms with E-state index < -0.39 is 5.97 Å². The van der Waals surface area contributed by atoms with Crippen LogP contribution in [0.4, 0.5) is 0 Å². The number of allylic oxidation sites excluding steroid dienone is 6. The summed E-state index contributed by atoms with van der Waals surface area (Å²) in [5, 5.41) is 9.07. The number of aromatic nitrogens is 1. The first-order valence-electron chi connectivity index (χ1n) is 6.06. The van der Waals surface area contributed by atoms with Crippen LogP contribution in [0.1, 0.15) is 11.3 Å². The van der Waals surface area contributed by atoms with Gasteiger partial charge in [0.05, 0.1) is 11.5 Å². The number of carbonyl (C=O) groups excluding carboxylic acids is 1. The van der Waals surface area contributed by atoms with Crippen molar-refractivity contribution < 1.29 is 14.7 Å². The molecule has 0 spiro atoms. The van der Waals surface area contributed by atoms with Crippen molar-refractivity contribution in [3.63, 3.8) is 0 Å². The topological polar surface area (TPSA) is 59.3 Å². The fraction of sp³-hybridized carbons (Fsp3) is 0.200. The number of nitrogens with zero attached hydrogens (tertiary/aromatic N) is 1. The van der Waals surface area contributed by atoms with Gasteiger partial charge in [-0.3, -0.25) is 9.59 Å². The van der Waals surface area contributed by atoms with Crippen LogP contribution in [0.5, 0.6) is 0 Å². The van der Waals surface area contributed by atoms with Crippen molar-refractivity contribution in [3.8, 4) is 0 Å². The molecule has 20 heavy (non-hydrogen) atoms. The van der Waals surface area contributed by atoms with Crippen molar-refractivity contribution in [2.24, 2.45) is 7.05 Å². The van der Waals surface area contributed by atoms with Gasteiger partial charge in [-0.1, -0.05) is 17.7 Å². The quantitative estimate of drug-likeness (QED) is 0.911. The van der Waals surface area contributed by atoms with Gasteiger partial charge in [-0.2, -0.15) is 0 Å². The van der Waals surface area contributed by atoms with Crippen molar-refractivity contribution in [3.05, 3.63) is 57.9 Å². The van der Waals surface area contributed by atoms with Gasteiger partial charge in [-0.15, -0.1) is 0 Å². The molecule has 5 heteroatoms. The molecule has 2 aliphatic rings. The van der Waals surface area contributed by atoms with Crippen molar-refractivity contribution in [1.82, 2.24) is 4.57 Å². The smallest absolute Gasteiger partial charge is 0.309 e. The van der Waals surface area contributed by atoms with Gasteiger partial charge in [-0.25, -0.2) is 0 Å². The van der Waals surface area contributed by atoms with Crippen molar-refractivity contribution in [2.75, 3.05) is 0 Å². The van der Waals surface area contributed by atoms with Crippen LogP contribution in [0.15, 0.2) is 46.7 Å². The van der Waals surface area contributed by atoms with E-state index in [-0.39, 0.29) is 12.2 Å². The molecule has 0 aliphatic heterocycles. The van der Waals surface area contributed by atoms with E-state index >= 15 is 0 Å². The van der Waals surface area contributed by atoms with Crippen LogP contribution in [0.2, 0.25) is 0 Å². The van der Waals surface area contributed by atoms with Crippen LogP contribution < -0.4 is 0 Å². The monoisotopic (exact) mass is 291 g/mol. The number of carbonyl (C=O) groups is 2. The number of aryl methyl sites for hydroxylation is 2. The van der Waals surface area contributed by atoms with Gasteiger partial charge in [0.1, 0.15) is 0 Å². The Morgan fingerprint density at radius 2 is 2.10 bits per heavy atom. The highest BCUT2D eigenvalue weighted by Gasteiger charge is 2.25. The Kier molecular flexibility index (Phi) is 3.95. The predicted molar refractivity (Wildman–Crippen MR) is 76.6 cm³/mol. The Morgan fingerprint density at radius 3 is 2.40 bits per heavy atom. The Bertz CT molecular complexity index is 677. The minimum absolute atomic E-state index is 0.0694. The van der Waals surface area contributed by atoms with Crippen LogP contribution in [0.25, 0.3) is 0 Å². The third-order valence-corrected chi connectivity index (χ3v) is 3.37. The van der Waals surface area contributed by atoms with Gasteiger partial charge in [0.2, 0.25) is 0 Å². The molecule has 0 atom stereocenters. The SMILES string of the molecule is Cc1cc(CC(=O)O)n(C)c1.O=C1C2=CC(Cl)=C1C=C2. The summed E-state index contributed by atoms with van der Waals surface area (Å²) < 4.78 is 1.84. The van der Waals surface area contributed by atoms with Crippen LogP contribution in [-0.4, -0.2) is 21.4 Å². The Hall–Kier alpha value is -2.07. The molecule has 0 saturated heterocycles. The third kappa shape index (κ3) is 2.91. The number of hydrogen-bond donors (Lipinski definition) is 1. The lowest BCUT2D eigenvalue weighted by molar-refractivity contribution is -0.136. The summed E-state index contributed by atoms with van der Waals surface area (Å²) in [6, 6.07) is 1.88. The highest BCUT2D eigenvalue weighted by Crippen LogP contribution is 2.31. The summed E-state index contributed by atoms with van der Waals surface area (Å²) in [6.07, 6.45) is 7.24. The summed E-state index contributed by atoms with van der Waals surface area (Å²) in [7, 11) is 1.85. The van der Waals surface area contributed by atoms with E-state index in [1.54, 1.807) is 18.2 Å². The highest BCUT2D eigenvalue weighted by molar-refractivity contribution is 6.38. The minimum atomic E-state index is -0.786. The standard InChI is InChI=1S/C8H11NO2.C7H3ClO/c1-6-3-7(4-8(10)11)9(2)5-6;8-6-3-4-1-2-5(6)7(4)9/h3,5H,4H2,1-2H3,(H,10,11);1-3H. The zero-order valence-corrected chi connectivity index (χ0v) is 11.9. The molecule has 1 heterocycles. The van der Waals surface area contributed by atoms with E-state index in [0.717, 1.165) is 16.8 Å². The van der Waals surface area contributed by atoms with Crippen molar-refractivity contribution in [2.45, 2.75) is 13.3 Å². The van der Waals surface area contributed by atoms with Gasteiger partial charge in [-0.05, 0) is 30.7 Å². The summed E-state index contributed by atoms with van der Waals surface area (Å²) in [4.78, 5) is 21.2. The number of carboxylic acid groups (broad SMARTS) is 1. The molecule has 0 amide bonds. The number of ketones is 1. The molecule has 2 bridgehead atoms. The molecule has 0 saturated carbocycles. The first kappa shape index (κ1) is 14.3. The van der Waals surface area contributed by atoms with Gasteiger partial charge in [0.15, 0.2) is 5.78 Å². The predicted octanol–water partition coefficient (Wildman–Crippen LogP) is 2.52. The number of halogens is 1. The van der Waals surface area contributed by atoms with Crippen molar-refractivity contribution in [1.29, 1.82) is 0 Å². The molecule has 1 aromatic heterocycles. The summed E-state index contributed by atoms with van der Waals surface area (Å²) in [5.74, 6) is -0.716. The summed E-state index contributed by atoms with van der Waals surface area (Å²) in [6.45, 7) is 1.95. The number of rotatable bonds is 2. The molecule has 104 valence electrons. The number of fused-ring (bicyclic) bond motifs is 2. The zero-order chi connectivity index (χ0) is 14.9. The molecular weight excluding hydrogens is 278 g/mol. The number of aliphatic carboxylic acids is 1. The number of hydrogen-bond acceptors (Lipinski definition) is 2. The average Bonchev–Trinajstić information content (AvgIpc) is 2.93. The van der Waals surface area contributed by atoms with E-state index in [2.05, 4.69) is 0 Å². The summed E-state index contributed by atoms with van der Waals surface area (Å²) in [5.41, 5.74) is 3.31. The Labute approximate surface area is 121 Å². The lowest BCUT2D eigenvalue weighted by atomic mass is 10.2. The largest absolute Gasteiger partial charge is 0.481 e. The van der Waals surface area contributed by atoms with E-state index in [1.807, 2.05) is 30.8 Å². The lowest BCUT2D eigenvalue weighted by Crippen LogP contribution is -2.04. The van der Waals surface area contributed by atoms with E-state index in [4.69, 9.17) is 16.7 Å². The number of carboxylic acids is 1. The molecule has 0 radical (unpaired) electrons. The molecule has 0 unspecified atom stereocenters. The van der Waals surface area contributed by atoms with E-state index in [9.17, 15) is 9.59 Å². The molecule has 1 N–H and O–H groups in total. The second-order valence-corrected chi connectivity index (χ2v) is 5.12. The lowest BCUT2D eigenvalue weighted by Gasteiger charge is -1.96. The minimum Gasteiger partial charge on any atom is -0.481 e.